The van der Waals surface area contributed by atoms with E-state index in [1.165, 1.54) is 24.3 Å². The van der Waals surface area contributed by atoms with Gasteiger partial charge in [-0.05, 0) is 37.6 Å². The second-order valence-corrected chi connectivity index (χ2v) is 4.52. The van der Waals surface area contributed by atoms with Crippen molar-refractivity contribution in [2.24, 2.45) is 5.73 Å². The van der Waals surface area contributed by atoms with Crippen LogP contribution in [0.5, 0.6) is 0 Å². The molecule has 0 aliphatic carbocycles. The van der Waals surface area contributed by atoms with Crippen molar-refractivity contribution in [3.05, 3.63) is 29.8 Å². The first-order valence-electron chi connectivity index (χ1n) is 6.55. The van der Waals surface area contributed by atoms with Gasteiger partial charge in [-0.25, -0.2) is 9.59 Å². The largest absolute Gasteiger partial charge is 0.452 e. The summed E-state index contributed by atoms with van der Waals surface area (Å²) in [5.74, 6) is -0.954. The van der Waals surface area contributed by atoms with Crippen LogP contribution in [0, 0.1) is 0 Å². The Hall–Kier alpha value is -2.57. The molecule has 0 fully saturated rings. The van der Waals surface area contributed by atoms with Gasteiger partial charge in [0.05, 0.1) is 5.56 Å². The van der Waals surface area contributed by atoms with Crippen LogP contribution in [0.15, 0.2) is 24.3 Å². The Morgan fingerprint density at radius 1 is 1.24 bits per heavy atom. The second kappa shape index (κ2) is 7.88. The average molecular weight is 293 g/mol. The lowest BCUT2D eigenvalue weighted by atomic mass is 10.2. The number of amides is 3. The molecule has 4 N–H and O–H groups in total. The van der Waals surface area contributed by atoms with Crippen molar-refractivity contribution in [3.63, 3.8) is 0 Å². The third kappa shape index (κ3) is 5.94. The summed E-state index contributed by atoms with van der Waals surface area (Å²) >= 11 is 0. The SMILES string of the molecule is CC[C@@H](C)NC(=O)COC(=O)c1ccc(NC(N)=O)cc1. The van der Waals surface area contributed by atoms with Crippen LogP contribution in [0.25, 0.3) is 0 Å². The van der Waals surface area contributed by atoms with Crippen molar-refractivity contribution in [1.82, 2.24) is 5.32 Å². The van der Waals surface area contributed by atoms with Gasteiger partial charge in [0.25, 0.3) is 5.91 Å². The number of benzene rings is 1. The molecule has 1 aromatic rings. The van der Waals surface area contributed by atoms with Crippen molar-refractivity contribution in [1.29, 1.82) is 0 Å². The number of nitrogens with one attached hydrogen (secondary N) is 2. The molecule has 0 saturated heterocycles. The molecule has 1 aromatic carbocycles. The third-order valence-electron chi connectivity index (χ3n) is 2.74. The molecule has 1 rings (SSSR count). The van der Waals surface area contributed by atoms with E-state index in [9.17, 15) is 14.4 Å². The number of rotatable bonds is 6. The number of primary amides is 1. The van der Waals surface area contributed by atoms with E-state index < -0.39 is 12.0 Å². The highest BCUT2D eigenvalue weighted by Gasteiger charge is 2.11. The summed E-state index contributed by atoms with van der Waals surface area (Å²) < 4.78 is 4.89. The number of nitrogens with two attached hydrogens (primary N) is 1. The Balaban J connectivity index is 2.48. The molecule has 0 unspecified atom stereocenters. The van der Waals surface area contributed by atoms with Crippen molar-refractivity contribution < 1.29 is 19.1 Å². The van der Waals surface area contributed by atoms with Crippen LogP contribution >= 0.6 is 0 Å². The van der Waals surface area contributed by atoms with Gasteiger partial charge in [-0.2, -0.15) is 0 Å². The molecule has 7 heteroatoms. The van der Waals surface area contributed by atoms with E-state index in [2.05, 4.69) is 10.6 Å². The van der Waals surface area contributed by atoms with Crippen LogP contribution in [-0.4, -0.2) is 30.6 Å². The maximum absolute atomic E-state index is 11.7. The highest BCUT2D eigenvalue weighted by Crippen LogP contribution is 2.10. The predicted octanol–water partition coefficient (Wildman–Crippen LogP) is 1.25. The molecular weight excluding hydrogens is 274 g/mol. The fourth-order valence-electron chi connectivity index (χ4n) is 1.46. The second-order valence-electron chi connectivity index (χ2n) is 4.52. The Labute approximate surface area is 122 Å². The van der Waals surface area contributed by atoms with Crippen LogP contribution in [0.2, 0.25) is 0 Å². The molecular formula is C14H19N3O4. The molecule has 0 spiro atoms. The molecule has 0 radical (unpaired) electrons. The summed E-state index contributed by atoms with van der Waals surface area (Å²) in [5.41, 5.74) is 5.71. The molecule has 1 atom stereocenters. The molecule has 114 valence electrons. The van der Waals surface area contributed by atoms with Gasteiger partial charge in [-0.3, -0.25) is 4.79 Å². The number of urea groups is 1. The van der Waals surface area contributed by atoms with E-state index in [0.717, 1.165) is 6.42 Å². The van der Waals surface area contributed by atoms with Crippen LogP contribution in [-0.2, 0) is 9.53 Å². The van der Waals surface area contributed by atoms with Crippen molar-refractivity contribution in [3.8, 4) is 0 Å². The molecule has 0 bridgehead atoms. The Bertz CT molecular complexity index is 513. The van der Waals surface area contributed by atoms with E-state index in [0.29, 0.717) is 5.69 Å². The van der Waals surface area contributed by atoms with Crippen molar-refractivity contribution in [2.45, 2.75) is 26.3 Å². The number of esters is 1. The van der Waals surface area contributed by atoms with Crippen LogP contribution in [0.3, 0.4) is 0 Å². The van der Waals surface area contributed by atoms with Crippen molar-refractivity contribution in [2.75, 3.05) is 11.9 Å². The normalized spacial score (nSPS) is 11.3. The summed E-state index contributed by atoms with van der Waals surface area (Å²) in [6.45, 7) is 3.48. The zero-order valence-electron chi connectivity index (χ0n) is 12.0. The summed E-state index contributed by atoms with van der Waals surface area (Å²) in [5, 5.41) is 5.06. The average Bonchev–Trinajstić information content (AvgIpc) is 2.44. The highest BCUT2D eigenvalue weighted by molar-refractivity contribution is 5.93. The van der Waals surface area contributed by atoms with Crippen LogP contribution < -0.4 is 16.4 Å². The standard InChI is InChI=1S/C14H19N3O4/c1-3-9(2)16-12(18)8-21-13(19)10-4-6-11(7-5-10)17-14(15)20/h4-7,9H,3,8H2,1-2H3,(H,16,18)(H3,15,17,20)/t9-/m1/s1. The van der Waals surface area contributed by atoms with Gasteiger partial charge in [0.2, 0.25) is 0 Å². The first kappa shape index (κ1) is 16.5. The summed E-state index contributed by atoms with van der Waals surface area (Å²) in [7, 11) is 0. The van der Waals surface area contributed by atoms with E-state index in [-0.39, 0.29) is 24.1 Å². The smallest absolute Gasteiger partial charge is 0.338 e. The first-order valence-corrected chi connectivity index (χ1v) is 6.55. The van der Waals surface area contributed by atoms with Gasteiger partial charge < -0.3 is 21.1 Å². The monoisotopic (exact) mass is 293 g/mol. The number of ether oxygens (including phenoxy) is 1. The lowest BCUT2D eigenvalue weighted by Crippen LogP contribution is -2.35. The van der Waals surface area contributed by atoms with Gasteiger partial charge in [-0.15, -0.1) is 0 Å². The van der Waals surface area contributed by atoms with E-state index >= 15 is 0 Å². The summed E-state index contributed by atoms with van der Waals surface area (Å²) in [6, 6.07) is 5.32. The van der Waals surface area contributed by atoms with Gasteiger partial charge in [0.15, 0.2) is 6.61 Å². The number of carbonyl (C=O) groups is 3. The molecule has 21 heavy (non-hydrogen) atoms. The maximum atomic E-state index is 11.7. The lowest BCUT2D eigenvalue weighted by Gasteiger charge is -2.11. The third-order valence-corrected chi connectivity index (χ3v) is 2.74. The van der Waals surface area contributed by atoms with Crippen LogP contribution in [0.4, 0.5) is 10.5 Å². The molecule has 0 saturated carbocycles. The first-order chi connectivity index (χ1) is 9.92. The molecule has 0 aromatic heterocycles. The van der Waals surface area contributed by atoms with Gasteiger partial charge in [0.1, 0.15) is 0 Å². The minimum atomic E-state index is -0.688. The molecule has 3 amide bonds. The Morgan fingerprint density at radius 2 is 1.86 bits per heavy atom. The van der Waals surface area contributed by atoms with Crippen molar-refractivity contribution >= 4 is 23.6 Å². The minimum absolute atomic E-state index is 0.0374. The maximum Gasteiger partial charge on any atom is 0.338 e. The summed E-state index contributed by atoms with van der Waals surface area (Å²) in [6.07, 6.45) is 0.800. The topological polar surface area (TPSA) is 111 Å². The molecule has 0 aliphatic heterocycles. The fourth-order valence-corrected chi connectivity index (χ4v) is 1.46. The van der Waals surface area contributed by atoms with Gasteiger partial charge >= 0.3 is 12.0 Å². The number of anilines is 1. The van der Waals surface area contributed by atoms with E-state index in [1.807, 2.05) is 13.8 Å². The quantitative estimate of drug-likeness (QED) is 0.685. The highest BCUT2D eigenvalue weighted by atomic mass is 16.5. The number of carbonyl (C=O) groups excluding carboxylic acids is 3. The minimum Gasteiger partial charge on any atom is -0.452 e. The van der Waals surface area contributed by atoms with Gasteiger partial charge in [0, 0.05) is 11.7 Å². The zero-order valence-corrected chi connectivity index (χ0v) is 12.0. The Morgan fingerprint density at radius 3 is 2.38 bits per heavy atom. The number of hydrogen-bond donors (Lipinski definition) is 3. The lowest BCUT2D eigenvalue weighted by molar-refractivity contribution is -0.124. The predicted molar refractivity (Wildman–Crippen MR) is 77.8 cm³/mol. The van der Waals surface area contributed by atoms with Crippen LogP contribution in [0.1, 0.15) is 30.6 Å². The number of hydrogen-bond acceptors (Lipinski definition) is 4. The molecule has 0 heterocycles. The summed E-state index contributed by atoms with van der Waals surface area (Å²) in [4.78, 5) is 33.9. The van der Waals surface area contributed by atoms with E-state index in [1.54, 1.807) is 0 Å². The molecule has 7 nitrogen and oxygen atoms in total. The Kier molecular flexibility index (Phi) is 6.19. The fraction of sp³-hybridized carbons (Fsp3) is 0.357. The molecule has 0 aliphatic rings. The van der Waals surface area contributed by atoms with Gasteiger partial charge in [-0.1, -0.05) is 6.92 Å². The van der Waals surface area contributed by atoms with E-state index in [4.69, 9.17) is 10.5 Å². The zero-order chi connectivity index (χ0) is 15.8.